The fourth-order valence-electron chi connectivity index (χ4n) is 5.01. The highest BCUT2D eigenvalue weighted by atomic mass is 32.1. The van der Waals surface area contributed by atoms with Gasteiger partial charge >= 0.3 is 5.97 Å². The van der Waals surface area contributed by atoms with E-state index in [-0.39, 0.29) is 17.9 Å². The molecule has 1 aromatic rings. The van der Waals surface area contributed by atoms with Gasteiger partial charge in [-0.2, -0.15) is 0 Å². The second kappa shape index (κ2) is 8.23. The summed E-state index contributed by atoms with van der Waals surface area (Å²) >= 11 is 1.50. The first-order chi connectivity index (χ1) is 13.5. The molecule has 0 spiro atoms. The molecule has 152 valence electrons. The first kappa shape index (κ1) is 19.4. The maximum atomic E-state index is 13.0. The van der Waals surface area contributed by atoms with Gasteiger partial charge in [-0.15, -0.1) is 11.3 Å². The second-order valence-electron chi connectivity index (χ2n) is 8.34. The van der Waals surface area contributed by atoms with Crippen molar-refractivity contribution in [3.05, 3.63) is 16.0 Å². The summed E-state index contributed by atoms with van der Waals surface area (Å²) in [7, 11) is 0. The molecule has 0 radical (unpaired) electrons. The highest BCUT2D eigenvalue weighted by Crippen LogP contribution is 2.40. The molecule has 3 aliphatic carbocycles. The minimum absolute atomic E-state index is 0.0833. The first-order valence-electron chi connectivity index (χ1n) is 10.5. The molecular formula is C21H28N2O4S. The van der Waals surface area contributed by atoms with E-state index in [4.69, 9.17) is 0 Å². The maximum absolute atomic E-state index is 13.0. The van der Waals surface area contributed by atoms with Gasteiger partial charge < -0.3 is 15.7 Å². The van der Waals surface area contributed by atoms with Crippen LogP contribution in [0.15, 0.2) is 0 Å². The zero-order chi connectivity index (χ0) is 19.7. The van der Waals surface area contributed by atoms with E-state index in [9.17, 15) is 19.5 Å². The number of amides is 2. The lowest BCUT2D eigenvalue weighted by Crippen LogP contribution is -2.37. The van der Waals surface area contributed by atoms with Crippen LogP contribution in [0.1, 0.15) is 78.6 Å². The number of carbonyl (C=O) groups excluding carboxylic acids is 2. The Morgan fingerprint density at radius 3 is 2.29 bits per heavy atom. The summed E-state index contributed by atoms with van der Waals surface area (Å²) in [6.45, 7) is 0. The monoisotopic (exact) mass is 404 g/mol. The molecule has 3 N–H and O–H groups in total. The molecule has 1 aromatic heterocycles. The van der Waals surface area contributed by atoms with Crippen LogP contribution in [0.4, 0.5) is 5.00 Å². The van der Waals surface area contributed by atoms with Crippen LogP contribution >= 0.6 is 11.3 Å². The molecule has 0 unspecified atom stereocenters. The first-order valence-corrected chi connectivity index (χ1v) is 11.4. The Hall–Kier alpha value is -1.89. The van der Waals surface area contributed by atoms with Crippen molar-refractivity contribution >= 4 is 34.1 Å². The Bertz CT molecular complexity index is 782. The number of hydrogen-bond donors (Lipinski definition) is 3. The Morgan fingerprint density at radius 1 is 0.893 bits per heavy atom. The SMILES string of the molecule is O=C(NC1CCCC1)c1c(NC(=O)[C@@H]2CCCC[C@H]2C(=O)O)sc2c1CCC2. The maximum Gasteiger partial charge on any atom is 0.307 e. The van der Waals surface area contributed by atoms with Gasteiger partial charge in [0.25, 0.3) is 5.91 Å². The standard InChI is InChI=1S/C21H28N2O4S/c24-18(13-8-3-4-9-14(13)21(26)27)23-20-17(15-10-5-11-16(15)28-20)19(25)22-12-6-1-2-7-12/h12-14H,1-11H2,(H,22,25)(H,23,24)(H,26,27)/t13-,14-/m1/s1. The highest BCUT2D eigenvalue weighted by molar-refractivity contribution is 7.17. The zero-order valence-corrected chi connectivity index (χ0v) is 16.9. The highest BCUT2D eigenvalue weighted by Gasteiger charge is 2.37. The molecular weight excluding hydrogens is 376 g/mol. The molecule has 6 nitrogen and oxygen atoms in total. The minimum atomic E-state index is -0.896. The molecule has 2 saturated carbocycles. The van der Waals surface area contributed by atoms with Crippen molar-refractivity contribution in [2.24, 2.45) is 11.8 Å². The lowest BCUT2D eigenvalue weighted by atomic mass is 9.79. The smallest absolute Gasteiger partial charge is 0.307 e. The molecule has 0 bridgehead atoms. The Morgan fingerprint density at radius 2 is 1.57 bits per heavy atom. The summed E-state index contributed by atoms with van der Waals surface area (Å²) in [5.41, 5.74) is 1.70. The third-order valence-corrected chi connectivity index (χ3v) is 7.70. The van der Waals surface area contributed by atoms with Gasteiger partial charge in [0.15, 0.2) is 0 Å². The van der Waals surface area contributed by atoms with Crippen LogP contribution in [0, 0.1) is 11.8 Å². The normalized spacial score (nSPS) is 24.7. The van der Waals surface area contributed by atoms with Crippen molar-refractivity contribution in [1.82, 2.24) is 5.32 Å². The van der Waals surface area contributed by atoms with E-state index >= 15 is 0 Å². The van der Waals surface area contributed by atoms with Crippen molar-refractivity contribution in [3.8, 4) is 0 Å². The van der Waals surface area contributed by atoms with Gasteiger partial charge in [0, 0.05) is 10.9 Å². The number of carboxylic acid groups (broad SMARTS) is 1. The van der Waals surface area contributed by atoms with Crippen molar-refractivity contribution in [3.63, 3.8) is 0 Å². The summed E-state index contributed by atoms with van der Waals surface area (Å²) < 4.78 is 0. The van der Waals surface area contributed by atoms with E-state index in [0.29, 0.717) is 23.4 Å². The van der Waals surface area contributed by atoms with Gasteiger partial charge in [-0.1, -0.05) is 25.7 Å². The molecule has 7 heteroatoms. The third-order valence-electron chi connectivity index (χ3n) is 6.50. The molecule has 2 amide bonds. The number of aliphatic carboxylic acids is 1. The van der Waals surface area contributed by atoms with E-state index in [1.165, 1.54) is 16.2 Å². The van der Waals surface area contributed by atoms with Crippen molar-refractivity contribution in [2.45, 2.75) is 76.7 Å². The van der Waals surface area contributed by atoms with Crippen molar-refractivity contribution in [2.75, 3.05) is 5.32 Å². The number of fused-ring (bicyclic) bond motifs is 1. The second-order valence-corrected chi connectivity index (χ2v) is 9.45. The van der Waals surface area contributed by atoms with Crippen LogP contribution < -0.4 is 10.6 Å². The molecule has 2 fully saturated rings. The minimum Gasteiger partial charge on any atom is -0.481 e. The van der Waals surface area contributed by atoms with Crippen LogP contribution in [-0.2, 0) is 22.4 Å². The molecule has 0 saturated heterocycles. The topological polar surface area (TPSA) is 95.5 Å². The van der Waals surface area contributed by atoms with Gasteiger partial charge in [0.2, 0.25) is 5.91 Å². The van der Waals surface area contributed by atoms with Crippen LogP contribution in [0.3, 0.4) is 0 Å². The largest absolute Gasteiger partial charge is 0.481 e. The fraction of sp³-hybridized carbons (Fsp3) is 0.667. The Kier molecular flexibility index (Phi) is 5.71. The quantitative estimate of drug-likeness (QED) is 0.697. The lowest BCUT2D eigenvalue weighted by Gasteiger charge is -2.27. The summed E-state index contributed by atoms with van der Waals surface area (Å²) in [4.78, 5) is 38.7. The van der Waals surface area contributed by atoms with Gasteiger partial charge in [-0.25, -0.2) is 0 Å². The number of thiophene rings is 1. The van der Waals surface area contributed by atoms with E-state index in [0.717, 1.165) is 63.4 Å². The van der Waals surface area contributed by atoms with Gasteiger partial charge in [0.1, 0.15) is 5.00 Å². The lowest BCUT2D eigenvalue weighted by molar-refractivity contribution is -0.147. The number of nitrogens with one attached hydrogen (secondary N) is 2. The predicted octanol–water partition coefficient (Wildman–Crippen LogP) is 3.74. The van der Waals surface area contributed by atoms with Gasteiger partial charge in [-0.3, -0.25) is 14.4 Å². The summed E-state index contributed by atoms with van der Waals surface area (Å²) in [6, 6.07) is 0.225. The van der Waals surface area contributed by atoms with Crippen molar-refractivity contribution in [1.29, 1.82) is 0 Å². The van der Waals surface area contributed by atoms with E-state index in [1.807, 2.05) is 0 Å². The van der Waals surface area contributed by atoms with Crippen molar-refractivity contribution < 1.29 is 19.5 Å². The summed E-state index contributed by atoms with van der Waals surface area (Å²) in [5.74, 6) is -2.38. The molecule has 4 rings (SSSR count). The fourth-order valence-corrected chi connectivity index (χ4v) is 6.29. The zero-order valence-electron chi connectivity index (χ0n) is 16.1. The molecule has 0 aliphatic heterocycles. The van der Waals surface area contributed by atoms with Gasteiger partial charge in [0.05, 0.1) is 17.4 Å². The third kappa shape index (κ3) is 3.81. The van der Waals surface area contributed by atoms with Crippen LogP contribution in [0.25, 0.3) is 0 Å². The van der Waals surface area contributed by atoms with E-state index < -0.39 is 17.8 Å². The number of aryl methyl sites for hydroxylation is 1. The van der Waals surface area contributed by atoms with Crippen LogP contribution in [0.5, 0.6) is 0 Å². The average molecular weight is 405 g/mol. The number of carbonyl (C=O) groups is 3. The van der Waals surface area contributed by atoms with E-state index in [1.54, 1.807) is 0 Å². The molecule has 1 heterocycles. The van der Waals surface area contributed by atoms with Crippen LogP contribution in [-0.4, -0.2) is 28.9 Å². The van der Waals surface area contributed by atoms with E-state index in [2.05, 4.69) is 10.6 Å². The van der Waals surface area contributed by atoms with Gasteiger partial charge in [-0.05, 0) is 50.5 Å². The predicted molar refractivity (Wildman–Crippen MR) is 108 cm³/mol. The number of rotatable bonds is 5. The Labute approximate surface area is 169 Å². The van der Waals surface area contributed by atoms with Crippen LogP contribution in [0.2, 0.25) is 0 Å². The summed E-state index contributed by atoms with van der Waals surface area (Å²) in [5, 5.41) is 16.2. The molecule has 0 aromatic carbocycles. The number of hydrogen-bond acceptors (Lipinski definition) is 4. The molecule has 3 aliphatic rings. The molecule has 2 atom stereocenters. The Balaban J connectivity index is 1.54. The summed E-state index contributed by atoms with van der Waals surface area (Å²) in [6.07, 6.45) is 10.1. The number of anilines is 1. The average Bonchev–Trinajstić information content (AvgIpc) is 3.39. The molecule has 28 heavy (non-hydrogen) atoms. The number of carboxylic acids is 1.